The normalized spacial score (nSPS) is 10.7. The second-order valence-electron chi connectivity index (χ2n) is 4.80. The maximum atomic E-state index is 12.6. The van der Waals surface area contributed by atoms with Gasteiger partial charge in [-0.05, 0) is 18.2 Å². The van der Waals surface area contributed by atoms with Crippen molar-refractivity contribution in [3.8, 4) is 16.9 Å². The largest absolute Gasteiger partial charge is 0.482 e. The highest BCUT2D eigenvalue weighted by Crippen LogP contribution is 2.27. The molecule has 0 aliphatic carbocycles. The molecule has 23 heavy (non-hydrogen) atoms. The lowest BCUT2D eigenvalue weighted by atomic mass is 10.1. The number of ether oxygens (including phenoxy) is 1. The maximum Gasteiger partial charge on any atom is 0.341 e. The molecule has 6 heteroatoms. The average Bonchev–Trinajstić information content (AvgIpc) is 2.54. The third-order valence-electron chi connectivity index (χ3n) is 3.27. The van der Waals surface area contributed by atoms with Gasteiger partial charge in [0.05, 0.1) is 10.9 Å². The summed E-state index contributed by atoms with van der Waals surface area (Å²) in [6.07, 6.45) is 1.34. The van der Waals surface area contributed by atoms with Gasteiger partial charge in [0.25, 0.3) is 0 Å². The molecule has 0 bridgehead atoms. The molecule has 116 valence electrons. The second-order valence-corrected chi connectivity index (χ2v) is 5.21. The molecule has 1 N–H and O–H groups in total. The van der Waals surface area contributed by atoms with E-state index in [0.717, 1.165) is 0 Å². The van der Waals surface area contributed by atoms with Crippen molar-refractivity contribution >= 4 is 28.5 Å². The number of carboxylic acids is 1. The number of hydrogen-bond acceptors (Lipinski definition) is 4. The summed E-state index contributed by atoms with van der Waals surface area (Å²) in [6, 6.07) is 11.6. The minimum Gasteiger partial charge on any atom is -0.482 e. The lowest BCUT2D eigenvalue weighted by Crippen LogP contribution is -2.10. The van der Waals surface area contributed by atoms with Gasteiger partial charge in [0.2, 0.25) is 5.43 Å². The Balaban J connectivity index is 2.07. The number of fused-ring (bicyclic) bond motifs is 1. The highest BCUT2D eigenvalue weighted by molar-refractivity contribution is 6.33. The first-order chi connectivity index (χ1) is 11.1. The number of carboxylic acid groups (broad SMARTS) is 1. The van der Waals surface area contributed by atoms with Crippen LogP contribution in [0.3, 0.4) is 0 Å². The van der Waals surface area contributed by atoms with Gasteiger partial charge < -0.3 is 14.3 Å². The predicted molar refractivity (Wildman–Crippen MR) is 86.1 cm³/mol. The van der Waals surface area contributed by atoms with Crippen LogP contribution < -0.4 is 10.2 Å². The van der Waals surface area contributed by atoms with Gasteiger partial charge in [0.1, 0.15) is 17.6 Å². The van der Waals surface area contributed by atoms with E-state index >= 15 is 0 Å². The van der Waals surface area contributed by atoms with Gasteiger partial charge in [0, 0.05) is 16.7 Å². The number of rotatable bonds is 4. The van der Waals surface area contributed by atoms with Crippen LogP contribution in [0.5, 0.6) is 5.75 Å². The monoisotopic (exact) mass is 330 g/mol. The molecule has 3 aromatic rings. The van der Waals surface area contributed by atoms with Crippen molar-refractivity contribution in [2.24, 2.45) is 0 Å². The number of carbonyl (C=O) groups is 1. The standard InChI is InChI=1S/C17H11ClO5/c18-14-4-2-1-3-11(14)13-8-23-15-7-10(22-9-16(19)20)5-6-12(15)17(13)21/h1-8H,9H2,(H,19,20). The Kier molecular flexibility index (Phi) is 4.04. The summed E-state index contributed by atoms with van der Waals surface area (Å²) in [5.41, 5.74) is 1.05. The van der Waals surface area contributed by atoms with Gasteiger partial charge in [-0.3, -0.25) is 4.79 Å². The predicted octanol–water partition coefficient (Wildman–Crippen LogP) is 3.58. The van der Waals surface area contributed by atoms with E-state index in [1.165, 1.54) is 18.4 Å². The van der Waals surface area contributed by atoms with Crippen LogP contribution in [0.2, 0.25) is 5.02 Å². The quantitative estimate of drug-likeness (QED) is 0.791. The molecule has 0 radical (unpaired) electrons. The van der Waals surface area contributed by atoms with Crippen molar-refractivity contribution in [1.29, 1.82) is 0 Å². The van der Waals surface area contributed by atoms with Crippen LogP contribution in [-0.2, 0) is 4.79 Å². The molecule has 5 nitrogen and oxygen atoms in total. The molecule has 1 aromatic heterocycles. The van der Waals surface area contributed by atoms with E-state index in [4.69, 9.17) is 25.9 Å². The number of hydrogen-bond donors (Lipinski definition) is 1. The molecule has 3 rings (SSSR count). The summed E-state index contributed by atoms with van der Waals surface area (Å²) in [6.45, 7) is -0.465. The van der Waals surface area contributed by atoms with E-state index in [2.05, 4.69) is 0 Å². The van der Waals surface area contributed by atoms with Crippen molar-refractivity contribution in [2.75, 3.05) is 6.61 Å². The fraction of sp³-hybridized carbons (Fsp3) is 0.0588. The smallest absolute Gasteiger partial charge is 0.341 e. The average molecular weight is 331 g/mol. The minimum absolute atomic E-state index is 0.218. The number of benzene rings is 2. The first-order valence-electron chi connectivity index (χ1n) is 6.71. The first-order valence-corrected chi connectivity index (χ1v) is 7.09. The molecule has 0 fully saturated rings. The van der Waals surface area contributed by atoms with Gasteiger partial charge in [-0.15, -0.1) is 0 Å². The molecule has 0 amide bonds. The van der Waals surface area contributed by atoms with Crippen LogP contribution in [0.1, 0.15) is 0 Å². The van der Waals surface area contributed by atoms with Crippen molar-refractivity contribution in [1.82, 2.24) is 0 Å². The van der Waals surface area contributed by atoms with Crippen molar-refractivity contribution in [2.45, 2.75) is 0 Å². The fourth-order valence-electron chi connectivity index (χ4n) is 2.21. The van der Waals surface area contributed by atoms with E-state index in [-0.39, 0.29) is 5.43 Å². The van der Waals surface area contributed by atoms with Crippen LogP contribution in [0.25, 0.3) is 22.1 Å². The van der Waals surface area contributed by atoms with Gasteiger partial charge >= 0.3 is 5.97 Å². The molecule has 1 heterocycles. The molecule has 0 unspecified atom stereocenters. The summed E-state index contributed by atoms with van der Waals surface area (Å²) >= 11 is 6.12. The second kappa shape index (κ2) is 6.14. The van der Waals surface area contributed by atoms with Gasteiger partial charge in [-0.2, -0.15) is 0 Å². The third-order valence-corrected chi connectivity index (χ3v) is 3.60. The lowest BCUT2D eigenvalue weighted by Gasteiger charge is -2.06. The zero-order valence-electron chi connectivity index (χ0n) is 11.8. The van der Waals surface area contributed by atoms with Crippen LogP contribution in [0.15, 0.2) is 57.9 Å². The first kappa shape index (κ1) is 15.1. The Morgan fingerprint density at radius 2 is 1.96 bits per heavy atom. The van der Waals surface area contributed by atoms with E-state index in [9.17, 15) is 9.59 Å². The Morgan fingerprint density at radius 1 is 1.17 bits per heavy atom. The molecule has 0 spiro atoms. The molecule has 0 saturated heterocycles. The Morgan fingerprint density at radius 3 is 2.70 bits per heavy atom. The minimum atomic E-state index is -1.08. The topological polar surface area (TPSA) is 76.7 Å². The van der Waals surface area contributed by atoms with Crippen LogP contribution in [-0.4, -0.2) is 17.7 Å². The maximum absolute atomic E-state index is 12.6. The molecule has 0 aliphatic rings. The van der Waals surface area contributed by atoms with Gasteiger partial charge in [-0.1, -0.05) is 29.8 Å². The summed E-state index contributed by atoms with van der Waals surface area (Å²) in [4.78, 5) is 23.1. The van der Waals surface area contributed by atoms with E-state index in [0.29, 0.717) is 32.9 Å². The molecule has 0 aliphatic heterocycles. The third kappa shape index (κ3) is 3.05. The van der Waals surface area contributed by atoms with Crippen LogP contribution in [0, 0.1) is 0 Å². The zero-order valence-corrected chi connectivity index (χ0v) is 12.5. The summed E-state index contributed by atoms with van der Waals surface area (Å²) in [7, 11) is 0. The SMILES string of the molecule is O=C(O)COc1ccc2c(=O)c(-c3ccccc3Cl)coc2c1. The number of aliphatic carboxylic acids is 1. The Bertz CT molecular complexity index is 945. The lowest BCUT2D eigenvalue weighted by molar-refractivity contribution is -0.139. The van der Waals surface area contributed by atoms with Crippen LogP contribution >= 0.6 is 11.6 Å². The number of halogens is 1. The van der Waals surface area contributed by atoms with E-state index in [1.807, 2.05) is 0 Å². The van der Waals surface area contributed by atoms with Gasteiger partial charge in [0.15, 0.2) is 6.61 Å². The summed E-state index contributed by atoms with van der Waals surface area (Å²) in [5.74, 6) is -0.769. The summed E-state index contributed by atoms with van der Waals surface area (Å²) in [5, 5.41) is 9.43. The summed E-state index contributed by atoms with van der Waals surface area (Å²) < 4.78 is 10.6. The van der Waals surface area contributed by atoms with Crippen molar-refractivity contribution < 1.29 is 19.1 Å². The fourth-order valence-corrected chi connectivity index (χ4v) is 2.45. The molecular weight excluding hydrogens is 320 g/mol. The molecule has 2 aromatic carbocycles. The van der Waals surface area contributed by atoms with Crippen molar-refractivity contribution in [3.05, 3.63) is 64.0 Å². The molecule has 0 saturated carbocycles. The van der Waals surface area contributed by atoms with Gasteiger partial charge in [-0.25, -0.2) is 4.79 Å². The molecular formula is C17H11ClO5. The highest BCUT2D eigenvalue weighted by Gasteiger charge is 2.12. The highest BCUT2D eigenvalue weighted by atomic mass is 35.5. The van der Waals surface area contributed by atoms with E-state index in [1.54, 1.807) is 30.3 Å². The Labute approximate surface area is 135 Å². The van der Waals surface area contributed by atoms with Crippen LogP contribution in [0.4, 0.5) is 0 Å². The zero-order chi connectivity index (χ0) is 16.4. The molecule has 0 atom stereocenters. The van der Waals surface area contributed by atoms with E-state index < -0.39 is 12.6 Å². The van der Waals surface area contributed by atoms with Crippen molar-refractivity contribution in [3.63, 3.8) is 0 Å². The Hall–Kier alpha value is -2.79.